The highest BCUT2D eigenvalue weighted by atomic mass is 35.5. The first-order valence-electron chi connectivity index (χ1n) is 9.35. The van der Waals surface area contributed by atoms with Gasteiger partial charge >= 0.3 is 5.76 Å². The third kappa shape index (κ3) is 4.59. The molecule has 0 aliphatic heterocycles. The highest BCUT2D eigenvalue weighted by molar-refractivity contribution is 7.89. The van der Waals surface area contributed by atoms with Crippen molar-refractivity contribution >= 4 is 27.5 Å². The molecule has 3 rings (SSSR count). The van der Waals surface area contributed by atoms with E-state index in [0.717, 1.165) is 17.7 Å². The molecule has 12 heteroatoms. The van der Waals surface area contributed by atoms with Crippen LogP contribution in [0.5, 0.6) is 0 Å². The van der Waals surface area contributed by atoms with Crippen LogP contribution in [0.25, 0.3) is 0 Å². The molecule has 1 amide bonds. The Labute approximate surface area is 187 Å². The number of hydrogen-bond acceptors (Lipinski definition) is 6. The number of aromatic nitrogens is 2. The van der Waals surface area contributed by atoms with Crippen LogP contribution in [0, 0.1) is 19.7 Å². The quantitative estimate of drug-likeness (QED) is 0.471. The van der Waals surface area contributed by atoms with Crippen molar-refractivity contribution in [2.45, 2.75) is 37.6 Å². The summed E-state index contributed by atoms with van der Waals surface area (Å²) in [5, 5.41) is 5.90. The zero-order chi connectivity index (χ0) is 23.8. The van der Waals surface area contributed by atoms with E-state index < -0.39 is 44.4 Å². The lowest BCUT2D eigenvalue weighted by Crippen LogP contribution is -2.34. The fourth-order valence-electron chi connectivity index (χ4n) is 3.43. The molecule has 0 saturated heterocycles. The minimum absolute atomic E-state index is 0.110. The number of halogens is 2. The van der Waals surface area contributed by atoms with Gasteiger partial charge in [-0.3, -0.25) is 4.79 Å². The van der Waals surface area contributed by atoms with Crippen LogP contribution in [-0.4, -0.2) is 24.5 Å². The number of amides is 1. The lowest BCUT2D eigenvalue weighted by Gasteiger charge is -2.25. The van der Waals surface area contributed by atoms with Gasteiger partial charge in [-0.25, -0.2) is 22.7 Å². The Morgan fingerprint density at radius 3 is 2.56 bits per heavy atom. The van der Waals surface area contributed by atoms with Crippen LogP contribution in [0.4, 0.5) is 4.39 Å². The van der Waals surface area contributed by atoms with E-state index in [0.29, 0.717) is 5.56 Å². The van der Waals surface area contributed by atoms with Crippen molar-refractivity contribution in [2.75, 3.05) is 0 Å². The predicted molar refractivity (Wildman–Crippen MR) is 114 cm³/mol. The van der Waals surface area contributed by atoms with Gasteiger partial charge in [0.05, 0.1) is 10.5 Å². The molecule has 0 aliphatic rings. The maximum atomic E-state index is 14.8. The summed E-state index contributed by atoms with van der Waals surface area (Å²) in [4.78, 5) is 22.9. The summed E-state index contributed by atoms with van der Waals surface area (Å²) in [5.74, 6) is -3.65. The van der Waals surface area contributed by atoms with Crippen LogP contribution in [0.3, 0.4) is 0 Å². The fourth-order valence-corrected chi connectivity index (χ4v) is 5.07. The summed E-state index contributed by atoms with van der Waals surface area (Å²) >= 11 is 5.87. The van der Waals surface area contributed by atoms with Crippen molar-refractivity contribution in [3.05, 3.63) is 79.9 Å². The summed E-state index contributed by atoms with van der Waals surface area (Å²) in [6, 6.07) is 5.08. The Bertz CT molecular complexity index is 1350. The smallest absolute Gasteiger partial charge is 0.391 e. The largest absolute Gasteiger partial charge is 0.434 e. The average molecular weight is 483 g/mol. The van der Waals surface area contributed by atoms with Crippen LogP contribution < -0.4 is 16.2 Å². The third-order valence-corrected chi connectivity index (χ3v) is 6.92. The van der Waals surface area contributed by atoms with E-state index >= 15 is 0 Å². The SMILES string of the molecule is Cc1ccc(F)c([C@@H](C)[C@H](NS(=O)(=O)c2ccc(Cl)cc2C(N)=O)c2n[nH]c(=O)o2)c1C. The molecular formula is C20H20ClFN4O5S. The van der Waals surface area contributed by atoms with Gasteiger partial charge in [-0.15, -0.1) is 5.10 Å². The molecule has 170 valence electrons. The van der Waals surface area contributed by atoms with Crippen LogP contribution in [0.2, 0.25) is 5.02 Å². The lowest BCUT2D eigenvalue weighted by molar-refractivity contribution is 0.0997. The van der Waals surface area contributed by atoms with Gasteiger partial charge in [0, 0.05) is 10.9 Å². The van der Waals surface area contributed by atoms with Crippen LogP contribution >= 0.6 is 11.6 Å². The summed E-state index contributed by atoms with van der Waals surface area (Å²) in [6.07, 6.45) is 0. The second-order valence-electron chi connectivity index (χ2n) is 7.25. The fraction of sp³-hybridized carbons (Fsp3) is 0.250. The maximum absolute atomic E-state index is 14.8. The first-order chi connectivity index (χ1) is 14.9. The number of benzene rings is 2. The topological polar surface area (TPSA) is 148 Å². The maximum Gasteiger partial charge on any atom is 0.434 e. The molecule has 32 heavy (non-hydrogen) atoms. The summed E-state index contributed by atoms with van der Waals surface area (Å²) < 4.78 is 48.6. The van der Waals surface area contributed by atoms with Crippen molar-refractivity contribution in [3.8, 4) is 0 Å². The molecule has 0 unspecified atom stereocenters. The molecule has 0 bridgehead atoms. The zero-order valence-corrected chi connectivity index (χ0v) is 18.8. The Kier molecular flexibility index (Phi) is 6.54. The number of hydrogen-bond donors (Lipinski definition) is 3. The number of nitrogens with zero attached hydrogens (tertiary/aromatic N) is 1. The van der Waals surface area contributed by atoms with Gasteiger partial charge in [-0.1, -0.05) is 24.6 Å². The summed E-state index contributed by atoms with van der Waals surface area (Å²) in [5.41, 5.74) is 6.58. The normalized spacial score (nSPS) is 13.7. The summed E-state index contributed by atoms with van der Waals surface area (Å²) in [7, 11) is -4.43. The van der Waals surface area contributed by atoms with Crippen LogP contribution in [-0.2, 0) is 10.0 Å². The minimum Gasteiger partial charge on any atom is -0.391 e. The van der Waals surface area contributed by atoms with Crippen molar-refractivity contribution in [2.24, 2.45) is 5.73 Å². The minimum atomic E-state index is -4.43. The number of nitrogens with two attached hydrogens (primary N) is 1. The molecule has 2 aromatic carbocycles. The van der Waals surface area contributed by atoms with Gasteiger partial charge in [0.1, 0.15) is 11.9 Å². The second kappa shape index (κ2) is 8.85. The first kappa shape index (κ1) is 23.6. The molecular weight excluding hydrogens is 463 g/mol. The molecule has 0 aliphatic carbocycles. The molecule has 2 atom stereocenters. The van der Waals surface area contributed by atoms with Gasteiger partial charge in [-0.2, -0.15) is 4.72 Å². The number of carbonyl (C=O) groups excluding carboxylic acids is 1. The Morgan fingerprint density at radius 1 is 1.28 bits per heavy atom. The molecule has 3 aromatic rings. The van der Waals surface area contributed by atoms with Crippen LogP contribution in [0.15, 0.2) is 44.4 Å². The molecule has 1 aromatic heterocycles. The third-order valence-electron chi connectivity index (χ3n) is 5.19. The van der Waals surface area contributed by atoms with Gasteiger partial charge in [0.2, 0.25) is 21.8 Å². The molecule has 0 saturated carbocycles. The van der Waals surface area contributed by atoms with E-state index in [9.17, 15) is 22.4 Å². The predicted octanol–water partition coefficient (Wildman–Crippen LogP) is 2.69. The Balaban J connectivity index is 2.14. The second-order valence-corrected chi connectivity index (χ2v) is 9.37. The van der Waals surface area contributed by atoms with E-state index in [2.05, 4.69) is 14.9 Å². The van der Waals surface area contributed by atoms with E-state index in [-0.39, 0.29) is 22.0 Å². The standard InChI is InChI=1S/C20H20ClFN4O5S/c1-9-4-6-14(22)16(10(9)2)11(3)17(19-24-25-20(28)31-19)26-32(29,30)15-7-5-12(21)8-13(15)18(23)27/h4-8,11,17,26H,1-3H3,(H2,23,27)(H,25,28)/t11-,17+/m1/s1. The van der Waals surface area contributed by atoms with Crippen molar-refractivity contribution < 1.29 is 22.0 Å². The Hall–Kier alpha value is -3.02. The van der Waals surface area contributed by atoms with E-state index in [1.807, 2.05) is 0 Å². The number of primary amides is 1. The number of H-pyrrole nitrogens is 1. The van der Waals surface area contributed by atoms with Crippen molar-refractivity contribution in [1.82, 2.24) is 14.9 Å². The van der Waals surface area contributed by atoms with Crippen LogP contribution in [0.1, 0.15) is 51.8 Å². The van der Waals surface area contributed by atoms with Crippen molar-refractivity contribution in [1.29, 1.82) is 0 Å². The number of carbonyl (C=O) groups is 1. The zero-order valence-electron chi connectivity index (χ0n) is 17.3. The van der Waals surface area contributed by atoms with Gasteiger partial charge < -0.3 is 10.2 Å². The number of aromatic amines is 1. The number of nitrogens with one attached hydrogen (secondary N) is 2. The van der Waals surface area contributed by atoms with Gasteiger partial charge in [-0.05, 0) is 54.8 Å². The molecule has 0 fully saturated rings. The van der Waals surface area contributed by atoms with E-state index in [1.165, 1.54) is 12.1 Å². The lowest BCUT2D eigenvalue weighted by atomic mass is 9.88. The van der Waals surface area contributed by atoms with Gasteiger partial charge in [0.15, 0.2) is 0 Å². The van der Waals surface area contributed by atoms with E-state index in [1.54, 1.807) is 26.8 Å². The average Bonchev–Trinajstić information content (AvgIpc) is 3.15. The number of aryl methyl sites for hydroxylation is 1. The monoisotopic (exact) mass is 482 g/mol. The Morgan fingerprint density at radius 2 is 1.97 bits per heavy atom. The highest BCUT2D eigenvalue weighted by Gasteiger charge is 2.34. The number of sulfonamides is 1. The van der Waals surface area contributed by atoms with Crippen molar-refractivity contribution in [3.63, 3.8) is 0 Å². The molecule has 0 spiro atoms. The molecule has 0 radical (unpaired) electrons. The summed E-state index contributed by atoms with van der Waals surface area (Å²) in [6.45, 7) is 5.04. The molecule has 1 heterocycles. The van der Waals surface area contributed by atoms with Gasteiger partial charge in [0.25, 0.3) is 0 Å². The van der Waals surface area contributed by atoms with E-state index in [4.69, 9.17) is 21.8 Å². The molecule has 4 N–H and O–H groups in total. The first-order valence-corrected chi connectivity index (χ1v) is 11.2. The highest BCUT2D eigenvalue weighted by Crippen LogP contribution is 2.35. The number of rotatable bonds is 7. The molecule has 9 nitrogen and oxygen atoms in total.